The summed E-state index contributed by atoms with van der Waals surface area (Å²) < 4.78 is 19.8. The Hall–Kier alpha value is -0.940. The topological polar surface area (TPSA) is 38.3 Å². The fourth-order valence-electron chi connectivity index (χ4n) is 2.21. The minimum absolute atomic E-state index is 0.0511. The number of hydrogen-bond donors (Lipinski definition) is 1. The molecule has 0 bridgehead atoms. The Morgan fingerprint density at radius 2 is 2.16 bits per heavy atom. The number of nitrogens with one attached hydrogen (secondary N) is 1. The maximum Gasteiger partial charge on any atom is 0.254 e. The van der Waals surface area contributed by atoms with Gasteiger partial charge in [-0.3, -0.25) is 4.79 Å². The van der Waals surface area contributed by atoms with Gasteiger partial charge in [0.15, 0.2) is 0 Å². The van der Waals surface area contributed by atoms with Gasteiger partial charge in [-0.25, -0.2) is 4.39 Å². The fraction of sp³-hybridized carbons (Fsp3) is 0.500. The van der Waals surface area contributed by atoms with E-state index in [0.29, 0.717) is 23.7 Å². The predicted octanol–water partition coefficient (Wildman–Crippen LogP) is 3.28. The molecule has 5 heteroatoms. The van der Waals surface area contributed by atoms with E-state index in [2.05, 4.69) is 21.2 Å². The van der Waals surface area contributed by atoms with Crippen LogP contribution in [-0.4, -0.2) is 25.2 Å². The average Bonchev–Trinajstić information content (AvgIpc) is 2.90. The van der Waals surface area contributed by atoms with Gasteiger partial charge in [0.05, 0.1) is 18.3 Å². The molecule has 0 radical (unpaired) electrons. The van der Waals surface area contributed by atoms with Crippen LogP contribution in [0.5, 0.6) is 0 Å². The van der Waals surface area contributed by atoms with Crippen molar-refractivity contribution in [3.05, 3.63) is 34.1 Å². The molecule has 1 amide bonds. The van der Waals surface area contributed by atoms with Gasteiger partial charge in [-0.2, -0.15) is 0 Å². The third-order valence-corrected chi connectivity index (χ3v) is 3.71. The van der Waals surface area contributed by atoms with Crippen LogP contribution in [0.3, 0.4) is 0 Å². The molecule has 1 N–H and O–H groups in total. The Kier molecular flexibility index (Phi) is 5.34. The number of halogens is 2. The molecule has 1 aliphatic rings. The second-order valence-corrected chi connectivity index (χ2v) is 5.57. The van der Waals surface area contributed by atoms with Crippen molar-refractivity contribution in [3.63, 3.8) is 0 Å². The van der Waals surface area contributed by atoms with E-state index >= 15 is 0 Å². The molecule has 3 nitrogen and oxygen atoms in total. The molecule has 1 aliphatic carbocycles. The van der Waals surface area contributed by atoms with E-state index in [4.69, 9.17) is 4.74 Å². The molecular weight excluding hydrogens is 313 g/mol. The van der Waals surface area contributed by atoms with Gasteiger partial charge < -0.3 is 10.1 Å². The van der Waals surface area contributed by atoms with Gasteiger partial charge in [0.1, 0.15) is 5.82 Å². The zero-order valence-electron chi connectivity index (χ0n) is 10.6. The molecule has 0 atom stereocenters. The highest BCUT2D eigenvalue weighted by Gasteiger charge is 2.15. The Morgan fingerprint density at radius 3 is 2.89 bits per heavy atom. The van der Waals surface area contributed by atoms with Crippen LogP contribution in [0.15, 0.2) is 22.7 Å². The van der Waals surface area contributed by atoms with Crippen molar-refractivity contribution < 1.29 is 13.9 Å². The van der Waals surface area contributed by atoms with Crippen molar-refractivity contribution in [1.82, 2.24) is 5.32 Å². The minimum atomic E-state index is -0.516. The molecule has 0 unspecified atom stereocenters. The third kappa shape index (κ3) is 4.28. The SMILES string of the molecule is O=C(NCCOC1CCCC1)c1cc(Br)ccc1F. The van der Waals surface area contributed by atoms with Crippen LogP contribution in [0, 0.1) is 5.82 Å². The molecule has 0 heterocycles. The lowest BCUT2D eigenvalue weighted by Crippen LogP contribution is -2.29. The lowest BCUT2D eigenvalue weighted by molar-refractivity contribution is 0.0581. The summed E-state index contributed by atoms with van der Waals surface area (Å²) in [5.41, 5.74) is 0.0511. The highest BCUT2D eigenvalue weighted by Crippen LogP contribution is 2.20. The molecule has 0 aliphatic heterocycles. The highest BCUT2D eigenvalue weighted by molar-refractivity contribution is 9.10. The van der Waals surface area contributed by atoms with Crippen molar-refractivity contribution in [2.24, 2.45) is 0 Å². The Morgan fingerprint density at radius 1 is 1.42 bits per heavy atom. The summed E-state index contributed by atoms with van der Waals surface area (Å²) in [6.07, 6.45) is 4.99. The molecule has 0 spiro atoms. The van der Waals surface area contributed by atoms with E-state index in [1.807, 2.05) is 0 Å². The second-order valence-electron chi connectivity index (χ2n) is 4.66. The maximum absolute atomic E-state index is 13.5. The van der Waals surface area contributed by atoms with Gasteiger partial charge in [0.25, 0.3) is 5.91 Å². The molecule has 1 fully saturated rings. The van der Waals surface area contributed by atoms with Gasteiger partial charge in [-0.05, 0) is 31.0 Å². The summed E-state index contributed by atoms with van der Waals surface area (Å²) >= 11 is 3.22. The summed E-state index contributed by atoms with van der Waals surface area (Å²) in [6.45, 7) is 0.882. The standard InChI is InChI=1S/C14H17BrFNO2/c15-10-5-6-13(16)12(9-10)14(18)17-7-8-19-11-3-1-2-4-11/h5-6,9,11H,1-4,7-8H2,(H,17,18). The van der Waals surface area contributed by atoms with E-state index in [-0.39, 0.29) is 5.56 Å². The molecule has 1 saturated carbocycles. The van der Waals surface area contributed by atoms with Crippen molar-refractivity contribution in [2.45, 2.75) is 31.8 Å². The van der Waals surface area contributed by atoms with E-state index in [1.54, 1.807) is 6.07 Å². The van der Waals surface area contributed by atoms with Gasteiger partial charge in [-0.15, -0.1) is 0 Å². The lowest BCUT2D eigenvalue weighted by atomic mass is 10.2. The second kappa shape index (κ2) is 7.01. The fourth-order valence-corrected chi connectivity index (χ4v) is 2.57. The van der Waals surface area contributed by atoms with E-state index in [9.17, 15) is 9.18 Å². The maximum atomic E-state index is 13.5. The Labute approximate surface area is 120 Å². The summed E-state index contributed by atoms with van der Waals surface area (Å²) in [5.74, 6) is -0.925. The van der Waals surface area contributed by atoms with Crippen molar-refractivity contribution in [2.75, 3.05) is 13.2 Å². The number of rotatable bonds is 5. The monoisotopic (exact) mass is 329 g/mol. The zero-order chi connectivity index (χ0) is 13.7. The van der Waals surface area contributed by atoms with Crippen LogP contribution >= 0.6 is 15.9 Å². The first-order valence-electron chi connectivity index (χ1n) is 6.51. The van der Waals surface area contributed by atoms with Gasteiger partial charge >= 0.3 is 0 Å². The lowest BCUT2D eigenvalue weighted by Gasteiger charge is -2.11. The smallest absolute Gasteiger partial charge is 0.254 e. The van der Waals surface area contributed by atoms with E-state index < -0.39 is 11.7 Å². The molecule has 1 aromatic carbocycles. The molecular formula is C14H17BrFNO2. The van der Waals surface area contributed by atoms with Crippen LogP contribution in [0.4, 0.5) is 4.39 Å². The summed E-state index contributed by atoms with van der Waals surface area (Å²) in [6, 6.07) is 4.31. The summed E-state index contributed by atoms with van der Waals surface area (Å²) in [5, 5.41) is 2.67. The molecule has 1 aromatic rings. The van der Waals surface area contributed by atoms with Crippen LogP contribution in [0.2, 0.25) is 0 Å². The van der Waals surface area contributed by atoms with E-state index in [1.165, 1.54) is 25.0 Å². The number of amides is 1. The number of benzene rings is 1. The van der Waals surface area contributed by atoms with Crippen LogP contribution < -0.4 is 5.32 Å². The average molecular weight is 330 g/mol. The van der Waals surface area contributed by atoms with Crippen molar-refractivity contribution in [1.29, 1.82) is 0 Å². The Bertz CT molecular complexity index is 447. The quantitative estimate of drug-likeness (QED) is 0.842. The van der Waals surface area contributed by atoms with Crippen molar-refractivity contribution >= 4 is 21.8 Å². The van der Waals surface area contributed by atoms with Gasteiger partial charge in [-0.1, -0.05) is 28.8 Å². The van der Waals surface area contributed by atoms with Gasteiger partial charge in [0, 0.05) is 11.0 Å². The summed E-state index contributed by atoms with van der Waals surface area (Å²) in [7, 11) is 0. The zero-order valence-corrected chi connectivity index (χ0v) is 12.2. The molecule has 0 aromatic heterocycles. The van der Waals surface area contributed by atoms with E-state index in [0.717, 1.165) is 12.8 Å². The first kappa shape index (κ1) is 14.5. The molecule has 0 saturated heterocycles. The normalized spacial score (nSPS) is 15.7. The first-order valence-corrected chi connectivity index (χ1v) is 7.31. The number of hydrogen-bond acceptors (Lipinski definition) is 2. The van der Waals surface area contributed by atoms with Gasteiger partial charge in [0.2, 0.25) is 0 Å². The number of carbonyl (C=O) groups excluding carboxylic acids is 1. The number of ether oxygens (including phenoxy) is 1. The predicted molar refractivity (Wildman–Crippen MR) is 74.6 cm³/mol. The Balaban J connectivity index is 1.75. The first-order chi connectivity index (χ1) is 9.16. The molecule has 2 rings (SSSR count). The molecule has 19 heavy (non-hydrogen) atoms. The van der Waals surface area contributed by atoms with Crippen molar-refractivity contribution in [3.8, 4) is 0 Å². The summed E-state index contributed by atoms with van der Waals surface area (Å²) in [4.78, 5) is 11.8. The molecule has 104 valence electrons. The van der Waals surface area contributed by atoms with Crippen LogP contribution in [0.1, 0.15) is 36.0 Å². The largest absolute Gasteiger partial charge is 0.376 e. The number of carbonyl (C=O) groups is 1. The minimum Gasteiger partial charge on any atom is -0.376 e. The van der Waals surface area contributed by atoms with Crippen LogP contribution in [-0.2, 0) is 4.74 Å². The third-order valence-electron chi connectivity index (χ3n) is 3.22. The van der Waals surface area contributed by atoms with Crippen LogP contribution in [0.25, 0.3) is 0 Å². The highest BCUT2D eigenvalue weighted by atomic mass is 79.9.